The summed E-state index contributed by atoms with van der Waals surface area (Å²) in [6, 6.07) is 13.1. The molecule has 0 heterocycles. The second-order valence-electron chi connectivity index (χ2n) is 5.33. The number of carbonyl (C=O) groups excluding carboxylic acids is 2. The van der Waals surface area contributed by atoms with E-state index in [0.29, 0.717) is 12.2 Å². The van der Waals surface area contributed by atoms with E-state index in [9.17, 15) is 9.59 Å². The third-order valence-corrected chi connectivity index (χ3v) is 4.10. The van der Waals surface area contributed by atoms with Crippen molar-refractivity contribution in [1.82, 2.24) is 5.32 Å². The molecule has 0 aliphatic carbocycles. The molecule has 0 bridgehead atoms. The monoisotopic (exact) mass is 406 g/mol. The summed E-state index contributed by atoms with van der Waals surface area (Å²) < 4.78 is 11.2. The van der Waals surface area contributed by atoms with Crippen LogP contribution >= 0.6 is 15.9 Å². The van der Waals surface area contributed by atoms with Gasteiger partial charge < -0.3 is 20.5 Å². The summed E-state index contributed by atoms with van der Waals surface area (Å²) in [5.41, 5.74) is 6.85. The number of methoxy groups -OCH3 is 1. The van der Waals surface area contributed by atoms with Crippen LogP contribution in [0.4, 0.5) is 4.79 Å². The van der Waals surface area contributed by atoms with Crippen LogP contribution in [0.1, 0.15) is 11.1 Å². The van der Waals surface area contributed by atoms with E-state index in [0.717, 1.165) is 15.6 Å². The van der Waals surface area contributed by atoms with Crippen molar-refractivity contribution in [2.24, 2.45) is 5.73 Å². The van der Waals surface area contributed by atoms with Gasteiger partial charge in [0.1, 0.15) is 18.4 Å². The molecule has 0 aromatic heterocycles. The summed E-state index contributed by atoms with van der Waals surface area (Å²) >= 11 is 3.38. The number of carbonyl (C=O) groups is 2. The predicted octanol–water partition coefficient (Wildman–Crippen LogP) is 2.78. The van der Waals surface area contributed by atoms with Crippen LogP contribution in [-0.2, 0) is 22.6 Å². The van der Waals surface area contributed by atoms with E-state index in [4.69, 9.17) is 15.2 Å². The fraction of sp³-hybridized carbons (Fsp3) is 0.222. The zero-order valence-corrected chi connectivity index (χ0v) is 15.3. The molecule has 0 aliphatic rings. The SMILES string of the molecule is COc1ccc(COC(=O)[C@H](Cc2ccccc2)NC(N)=O)cc1Br. The highest BCUT2D eigenvalue weighted by Crippen LogP contribution is 2.25. The van der Waals surface area contributed by atoms with Gasteiger partial charge in [0.25, 0.3) is 0 Å². The first-order chi connectivity index (χ1) is 12.0. The Bertz CT molecular complexity index is 737. The molecule has 6 nitrogen and oxygen atoms in total. The first-order valence-corrected chi connectivity index (χ1v) is 8.38. The van der Waals surface area contributed by atoms with Gasteiger partial charge in [-0.1, -0.05) is 36.4 Å². The summed E-state index contributed by atoms with van der Waals surface area (Å²) in [5.74, 6) is 0.141. The lowest BCUT2D eigenvalue weighted by atomic mass is 10.1. The van der Waals surface area contributed by atoms with Gasteiger partial charge in [0.05, 0.1) is 11.6 Å². The van der Waals surface area contributed by atoms with Gasteiger partial charge in [-0.2, -0.15) is 0 Å². The summed E-state index contributed by atoms with van der Waals surface area (Å²) in [6.07, 6.45) is 0.301. The van der Waals surface area contributed by atoms with Crippen molar-refractivity contribution in [2.45, 2.75) is 19.1 Å². The second-order valence-corrected chi connectivity index (χ2v) is 6.18. The van der Waals surface area contributed by atoms with E-state index in [-0.39, 0.29) is 6.61 Å². The van der Waals surface area contributed by atoms with Gasteiger partial charge in [-0.3, -0.25) is 0 Å². The number of esters is 1. The number of benzene rings is 2. The Balaban J connectivity index is 2.01. The summed E-state index contributed by atoms with van der Waals surface area (Å²) in [5, 5.41) is 2.43. The Kier molecular flexibility index (Phi) is 6.82. The largest absolute Gasteiger partial charge is 0.496 e. The van der Waals surface area contributed by atoms with Gasteiger partial charge in [0, 0.05) is 6.42 Å². The van der Waals surface area contributed by atoms with Gasteiger partial charge in [-0.25, -0.2) is 9.59 Å². The van der Waals surface area contributed by atoms with Crippen molar-refractivity contribution in [3.8, 4) is 5.75 Å². The van der Waals surface area contributed by atoms with E-state index in [1.165, 1.54) is 0 Å². The molecular weight excluding hydrogens is 388 g/mol. The fourth-order valence-corrected chi connectivity index (χ4v) is 2.86. The third kappa shape index (κ3) is 5.79. The normalized spacial score (nSPS) is 11.4. The third-order valence-electron chi connectivity index (χ3n) is 3.48. The van der Waals surface area contributed by atoms with E-state index < -0.39 is 18.0 Å². The number of rotatable bonds is 7. The topological polar surface area (TPSA) is 90.7 Å². The minimum atomic E-state index is -0.846. The number of amides is 2. The maximum absolute atomic E-state index is 12.3. The highest BCUT2D eigenvalue weighted by molar-refractivity contribution is 9.10. The molecule has 0 aliphatic heterocycles. The highest BCUT2D eigenvalue weighted by Gasteiger charge is 2.22. The molecule has 1 atom stereocenters. The van der Waals surface area contributed by atoms with Gasteiger partial charge >= 0.3 is 12.0 Å². The lowest BCUT2D eigenvalue weighted by Crippen LogP contribution is -2.45. The van der Waals surface area contributed by atoms with Crippen LogP contribution < -0.4 is 15.8 Å². The molecule has 2 amide bonds. The average Bonchev–Trinajstić information content (AvgIpc) is 2.59. The van der Waals surface area contributed by atoms with E-state index >= 15 is 0 Å². The van der Waals surface area contributed by atoms with Crippen molar-refractivity contribution >= 4 is 27.9 Å². The Labute approximate surface area is 154 Å². The lowest BCUT2D eigenvalue weighted by Gasteiger charge is -2.17. The average molecular weight is 407 g/mol. The molecule has 25 heavy (non-hydrogen) atoms. The van der Waals surface area contributed by atoms with E-state index in [2.05, 4.69) is 21.2 Å². The van der Waals surface area contributed by atoms with Crippen molar-refractivity contribution in [1.29, 1.82) is 0 Å². The molecule has 0 radical (unpaired) electrons. The molecule has 0 saturated carbocycles. The zero-order chi connectivity index (χ0) is 18.2. The number of nitrogens with one attached hydrogen (secondary N) is 1. The number of urea groups is 1. The molecular formula is C18H19BrN2O4. The van der Waals surface area contributed by atoms with Gasteiger partial charge in [0.2, 0.25) is 0 Å². The molecule has 2 rings (SSSR count). The van der Waals surface area contributed by atoms with E-state index in [1.54, 1.807) is 25.3 Å². The van der Waals surface area contributed by atoms with Crippen LogP contribution in [0.3, 0.4) is 0 Å². The minimum Gasteiger partial charge on any atom is -0.496 e. The Hall–Kier alpha value is -2.54. The quantitative estimate of drug-likeness (QED) is 0.691. The van der Waals surface area contributed by atoms with Crippen molar-refractivity contribution < 1.29 is 19.1 Å². The lowest BCUT2D eigenvalue weighted by molar-refractivity contribution is -0.147. The number of ether oxygens (including phenoxy) is 2. The molecule has 0 spiro atoms. The number of hydrogen-bond acceptors (Lipinski definition) is 4. The Morgan fingerprint density at radius 3 is 2.48 bits per heavy atom. The van der Waals surface area contributed by atoms with Crippen molar-refractivity contribution in [3.63, 3.8) is 0 Å². The number of nitrogens with two attached hydrogens (primary N) is 1. The van der Waals surface area contributed by atoms with Crippen molar-refractivity contribution in [2.75, 3.05) is 7.11 Å². The maximum Gasteiger partial charge on any atom is 0.329 e. The molecule has 132 valence electrons. The summed E-state index contributed by atoms with van der Waals surface area (Å²) in [6.45, 7) is 0.0765. The summed E-state index contributed by atoms with van der Waals surface area (Å²) in [7, 11) is 1.57. The number of halogens is 1. The summed E-state index contributed by atoms with van der Waals surface area (Å²) in [4.78, 5) is 23.5. The molecule has 3 N–H and O–H groups in total. The molecule has 0 unspecified atom stereocenters. The molecule has 0 saturated heterocycles. The zero-order valence-electron chi connectivity index (χ0n) is 13.7. The van der Waals surface area contributed by atoms with Crippen LogP contribution in [0.15, 0.2) is 53.0 Å². The molecule has 0 fully saturated rings. The van der Waals surface area contributed by atoms with E-state index in [1.807, 2.05) is 30.3 Å². The molecule has 2 aromatic carbocycles. The number of hydrogen-bond donors (Lipinski definition) is 2. The Morgan fingerprint density at radius 1 is 1.16 bits per heavy atom. The second kappa shape index (κ2) is 9.08. The van der Waals surface area contributed by atoms with Gasteiger partial charge in [0.15, 0.2) is 0 Å². The number of primary amides is 1. The van der Waals surface area contributed by atoms with Crippen molar-refractivity contribution in [3.05, 3.63) is 64.1 Å². The smallest absolute Gasteiger partial charge is 0.329 e. The Morgan fingerprint density at radius 2 is 1.88 bits per heavy atom. The molecule has 2 aromatic rings. The van der Waals surface area contributed by atoms with Gasteiger partial charge in [-0.05, 0) is 39.2 Å². The predicted molar refractivity (Wildman–Crippen MR) is 97.1 cm³/mol. The molecule has 7 heteroatoms. The van der Waals surface area contributed by atoms with Crippen LogP contribution in [0, 0.1) is 0 Å². The van der Waals surface area contributed by atoms with Crippen LogP contribution in [0.5, 0.6) is 5.75 Å². The maximum atomic E-state index is 12.3. The highest BCUT2D eigenvalue weighted by atomic mass is 79.9. The first-order valence-electron chi connectivity index (χ1n) is 7.58. The van der Waals surface area contributed by atoms with Gasteiger partial charge in [-0.15, -0.1) is 0 Å². The van der Waals surface area contributed by atoms with Crippen LogP contribution in [0.2, 0.25) is 0 Å². The van der Waals surface area contributed by atoms with Crippen LogP contribution in [0.25, 0.3) is 0 Å². The first kappa shape index (κ1) is 18.8. The fourth-order valence-electron chi connectivity index (χ4n) is 2.27. The minimum absolute atomic E-state index is 0.0765. The van der Waals surface area contributed by atoms with Crippen LogP contribution in [-0.4, -0.2) is 25.2 Å². The standard InChI is InChI=1S/C18H19BrN2O4/c1-24-16-8-7-13(9-14(16)19)11-25-17(22)15(21-18(20)23)10-12-5-3-2-4-6-12/h2-9,15H,10-11H2,1H3,(H3,20,21,23)/t15-/m0/s1.